The summed E-state index contributed by atoms with van der Waals surface area (Å²) in [6.07, 6.45) is 3.73. The molecule has 0 aliphatic heterocycles. The number of halogens is 1. The fourth-order valence-corrected chi connectivity index (χ4v) is 4.74. The van der Waals surface area contributed by atoms with Crippen molar-refractivity contribution in [1.29, 1.82) is 0 Å². The maximum Gasteiger partial charge on any atom is 0.191 e. The van der Waals surface area contributed by atoms with Crippen molar-refractivity contribution in [1.82, 2.24) is 4.98 Å². The van der Waals surface area contributed by atoms with E-state index in [4.69, 9.17) is 25.8 Å². The number of benzene rings is 3. The molecular formula is C27H27ClN2O4S. The summed E-state index contributed by atoms with van der Waals surface area (Å²) in [6, 6.07) is 14.2. The highest BCUT2D eigenvalue weighted by molar-refractivity contribution is 7.98. The van der Waals surface area contributed by atoms with Gasteiger partial charge in [-0.2, -0.15) is 0 Å². The van der Waals surface area contributed by atoms with Gasteiger partial charge < -0.3 is 24.5 Å². The van der Waals surface area contributed by atoms with Crippen molar-refractivity contribution in [3.8, 4) is 17.2 Å². The van der Waals surface area contributed by atoms with E-state index < -0.39 is 6.04 Å². The Kier molecular flexibility index (Phi) is 7.48. The lowest BCUT2D eigenvalue weighted by atomic mass is 9.95. The molecule has 35 heavy (non-hydrogen) atoms. The lowest BCUT2D eigenvalue weighted by molar-refractivity contribution is 0.0970. The Hall–Kier alpha value is -3.29. The van der Waals surface area contributed by atoms with Crippen LogP contribution in [0.2, 0.25) is 5.02 Å². The molecule has 0 amide bonds. The number of rotatable bonds is 9. The van der Waals surface area contributed by atoms with Gasteiger partial charge in [-0.3, -0.25) is 4.79 Å². The van der Waals surface area contributed by atoms with Crippen LogP contribution in [0.5, 0.6) is 17.2 Å². The highest BCUT2D eigenvalue weighted by Crippen LogP contribution is 2.37. The van der Waals surface area contributed by atoms with Crippen LogP contribution in [-0.4, -0.2) is 38.4 Å². The molecule has 4 rings (SSSR count). The van der Waals surface area contributed by atoms with Crippen molar-refractivity contribution in [3.05, 3.63) is 76.4 Å². The highest BCUT2D eigenvalue weighted by Gasteiger charge is 2.28. The van der Waals surface area contributed by atoms with Gasteiger partial charge in [0.25, 0.3) is 0 Å². The van der Waals surface area contributed by atoms with E-state index >= 15 is 0 Å². The molecule has 0 aliphatic rings. The average molecular weight is 511 g/mol. The zero-order chi connectivity index (χ0) is 25.1. The molecule has 6 nitrogen and oxygen atoms in total. The summed E-state index contributed by atoms with van der Waals surface area (Å²) in [6.45, 7) is 1.96. The van der Waals surface area contributed by atoms with Gasteiger partial charge in [0.2, 0.25) is 0 Å². The Morgan fingerprint density at radius 3 is 2.46 bits per heavy atom. The molecule has 182 valence electrons. The molecule has 0 bridgehead atoms. The van der Waals surface area contributed by atoms with Gasteiger partial charge in [0, 0.05) is 56.0 Å². The van der Waals surface area contributed by atoms with Crippen molar-refractivity contribution in [2.75, 3.05) is 32.9 Å². The quantitative estimate of drug-likeness (QED) is 0.188. The summed E-state index contributed by atoms with van der Waals surface area (Å²) in [7, 11) is 4.82. The number of aromatic amines is 1. The third-order valence-electron chi connectivity index (χ3n) is 5.89. The lowest BCUT2D eigenvalue weighted by Crippen LogP contribution is -2.22. The standard InChI is InChI=1S/C27H27ClN2O4S/c1-15-8-21-22(14-29-23(21)13-24(15)33-3)27(31)26(20-7-6-16(28)9-25(20)34-4)30-17-10-18(32-2)12-19(11-17)35-5/h6-14,26,29-30H,1-5H3. The van der Waals surface area contributed by atoms with Gasteiger partial charge in [-0.05, 0) is 49.1 Å². The number of aryl methyl sites for hydroxylation is 1. The Morgan fingerprint density at radius 1 is 1.00 bits per heavy atom. The molecule has 1 atom stereocenters. The second kappa shape index (κ2) is 10.5. The number of hydrogen-bond acceptors (Lipinski definition) is 6. The van der Waals surface area contributed by atoms with Crippen molar-refractivity contribution in [3.63, 3.8) is 0 Å². The minimum atomic E-state index is -0.745. The van der Waals surface area contributed by atoms with Crippen LogP contribution in [0.1, 0.15) is 27.5 Å². The van der Waals surface area contributed by atoms with Crippen LogP contribution in [0.15, 0.2) is 59.6 Å². The number of hydrogen-bond donors (Lipinski definition) is 2. The van der Waals surface area contributed by atoms with Crippen LogP contribution in [0.25, 0.3) is 10.9 Å². The molecule has 0 saturated heterocycles. The number of fused-ring (bicyclic) bond motifs is 1. The third kappa shape index (κ3) is 5.06. The number of Topliss-reactive ketones (excluding diaryl/α,β-unsaturated/α-hetero) is 1. The summed E-state index contributed by atoms with van der Waals surface area (Å²) < 4.78 is 16.5. The fourth-order valence-electron chi connectivity index (χ4n) is 4.10. The van der Waals surface area contributed by atoms with E-state index in [0.717, 1.165) is 32.8 Å². The van der Waals surface area contributed by atoms with Crippen LogP contribution in [0, 0.1) is 6.92 Å². The molecule has 2 N–H and O–H groups in total. The fraction of sp³-hybridized carbons (Fsp3) is 0.222. The number of H-pyrrole nitrogens is 1. The molecule has 8 heteroatoms. The predicted molar refractivity (Wildman–Crippen MR) is 143 cm³/mol. The Labute approximate surface area is 213 Å². The molecule has 0 radical (unpaired) electrons. The summed E-state index contributed by atoms with van der Waals surface area (Å²) in [4.78, 5) is 18.3. The largest absolute Gasteiger partial charge is 0.497 e. The van der Waals surface area contributed by atoms with E-state index in [2.05, 4.69) is 10.3 Å². The van der Waals surface area contributed by atoms with Gasteiger partial charge in [0.1, 0.15) is 23.3 Å². The summed E-state index contributed by atoms with van der Waals surface area (Å²) in [5.41, 5.74) is 3.76. The lowest BCUT2D eigenvalue weighted by Gasteiger charge is -2.22. The summed E-state index contributed by atoms with van der Waals surface area (Å²) in [5, 5.41) is 4.77. The van der Waals surface area contributed by atoms with E-state index in [0.29, 0.717) is 27.6 Å². The molecule has 1 aromatic heterocycles. The third-order valence-corrected chi connectivity index (χ3v) is 6.84. The first-order valence-corrected chi connectivity index (χ1v) is 12.5. The van der Waals surface area contributed by atoms with Gasteiger partial charge >= 0.3 is 0 Å². The minimum Gasteiger partial charge on any atom is -0.497 e. The second-order valence-corrected chi connectivity index (χ2v) is 9.32. The van der Waals surface area contributed by atoms with Crippen LogP contribution < -0.4 is 19.5 Å². The normalized spacial score (nSPS) is 11.8. The van der Waals surface area contributed by atoms with Crippen LogP contribution in [0.4, 0.5) is 5.69 Å². The van der Waals surface area contributed by atoms with Gasteiger partial charge in [-0.1, -0.05) is 17.7 Å². The first kappa shape index (κ1) is 24.8. The molecule has 0 fully saturated rings. The van der Waals surface area contributed by atoms with Gasteiger partial charge in [-0.15, -0.1) is 11.8 Å². The number of carbonyl (C=O) groups excluding carboxylic acids is 1. The number of thioether (sulfide) groups is 1. The number of ketones is 1. The molecule has 0 saturated carbocycles. The molecule has 1 heterocycles. The maximum absolute atomic E-state index is 14.1. The highest BCUT2D eigenvalue weighted by atomic mass is 35.5. The Balaban J connectivity index is 1.85. The average Bonchev–Trinajstić information content (AvgIpc) is 3.28. The van der Waals surface area contributed by atoms with Crippen LogP contribution in [0.3, 0.4) is 0 Å². The van der Waals surface area contributed by atoms with E-state index in [1.807, 2.05) is 49.6 Å². The van der Waals surface area contributed by atoms with Crippen LogP contribution >= 0.6 is 23.4 Å². The molecule has 0 spiro atoms. The zero-order valence-corrected chi connectivity index (χ0v) is 21.8. The topological polar surface area (TPSA) is 72.6 Å². The van der Waals surface area contributed by atoms with Gasteiger partial charge in [0.05, 0.1) is 21.3 Å². The van der Waals surface area contributed by atoms with Crippen molar-refractivity contribution < 1.29 is 19.0 Å². The zero-order valence-electron chi connectivity index (χ0n) is 20.2. The minimum absolute atomic E-state index is 0.116. The van der Waals surface area contributed by atoms with Gasteiger partial charge in [0.15, 0.2) is 5.78 Å². The maximum atomic E-state index is 14.1. The van der Waals surface area contributed by atoms with Crippen molar-refractivity contribution in [2.24, 2.45) is 0 Å². The Morgan fingerprint density at radius 2 is 1.77 bits per heavy atom. The number of ether oxygens (including phenoxy) is 3. The predicted octanol–water partition coefficient (Wildman–Crippen LogP) is 6.91. The smallest absolute Gasteiger partial charge is 0.191 e. The molecular weight excluding hydrogens is 484 g/mol. The number of methoxy groups -OCH3 is 3. The SMILES string of the molecule is COc1cc(NC(C(=O)c2c[nH]c3cc(OC)c(C)cc23)c2ccc(Cl)cc2OC)cc(SC)c1. The summed E-state index contributed by atoms with van der Waals surface area (Å²) in [5.74, 6) is 1.86. The monoisotopic (exact) mass is 510 g/mol. The van der Waals surface area contributed by atoms with E-state index in [1.54, 1.807) is 51.4 Å². The molecule has 4 aromatic rings. The number of nitrogens with one attached hydrogen (secondary N) is 2. The first-order chi connectivity index (χ1) is 16.9. The molecule has 1 unspecified atom stereocenters. The van der Waals surface area contributed by atoms with E-state index in [1.165, 1.54) is 0 Å². The number of carbonyl (C=O) groups is 1. The molecule has 3 aromatic carbocycles. The van der Waals surface area contributed by atoms with E-state index in [-0.39, 0.29) is 5.78 Å². The van der Waals surface area contributed by atoms with Crippen LogP contribution in [-0.2, 0) is 0 Å². The number of aromatic nitrogens is 1. The summed E-state index contributed by atoms with van der Waals surface area (Å²) >= 11 is 7.82. The van der Waals surface area contributed by atoms with Crippen molar-refractivity contribution in [2.45, 2.75) is 17.9 Å². The number of anilines is 1. The molecule has 0 aliphatic carbocycles. The second-order valence-electron chi connectivity index (χ2n) is 8.00. The van der Waals surface area contributed by atoms with Gasteiger partial charge in [-0.25, -0.2) is 0 Å². The van der Waals surface area contributed by atoms with E-state index in [9.17, 15) is 4.79 Å². The first-order valence-electron chi connectivity index (χ1n) is 10.9. The Bertz CT molecular complexity index is 1360. The van der Waals surface area contributed by atoms with Crippen molar-refractivity contribution >= 4 is 45.7 Å².